The molecule has 0 N–H and O–H groups in total. The average molecular weight is 215 g/mol. The lowest BCUT2D eigenvalue weighted by molar-refractivity contribution is 0.356. The van der Waals surface area contributed by atoms with Crippen molar-refractivity contribution in [2.24, 2.45) is 0 Å². The molecule has 0 bridgehead atoms. The van der Waals surface area contributed by atoms with E-state index in [0.29, 0.717) is 11.5 Å². The van der Waals surface area contributed by atoms with Crippen molar-refractivity contribution in [2.75, 3.05) is 6.61 Å². The lowest BCUT2D eigenvalue weighted by Crippen LogP contribution is -1.99. The second-order valence-corrected chi connectivity index (χ2v) is 3.88. The Bertz CT molecular complexity index is 386. The third-order valence-corrected chi connectivity index (χ3v) is 2.63. The summed E-state index contributed by atoms with van der Waals surface area (Å²) in [5.41, 5.74) is 1.75. The number of hydrogen-bond donors (Lipinski definition) is 0. The highest BCUT2D eigenvalue weighted by atomic mass is 16.5. The molecule has 0 aliphatic carbocycles. The summed E-state index contributed by atoms with van der Waals surface area (Å²) in [5, 5.41) is 8.53. The van der Waals surface area contributed by atoms with Gasteiger partial charge < -0.3 is 4.74 Å². The van der Waals surface area contributed by atoms with Crippen LogP contribution in [0.1, 0.15) is 31.7 Å². The monoisotopic (exact) mass is 215 g/mol. The van der Waals surface area contributed by atoms with E-state index in [-0.39, 0.29) is 6.61 Å². The van der Waals surface area contributed by atoms with Gasteiger partial charge in [-0.2, -0.15) is 5.26 Å². The van der Waals surface area contributed by atoms with Crippen LogP contribution in [0, 0.1) is 11.3 Å². The third kappa shape index (κ3) is 3.43. The molecule has 2 heteroatoms. The molecule has 0 aliphatic rings. The topological polar surface area (TPSA) is 33.0 Å². The minimum absolute atomic E-state index is 0.263. The molecule has 0 saturated heterocycles. The molecule has 0 radical (unpaired) electrons. The maximum atomic E-state index is 8.53. The van der Waals surface area contributed by atoms with Gasteiger partial charge in [0, 0.05) is 0 Å². The SMILES string of the molecule is C=C(C#N)COc1ccc(C(C)CC)cc1. The Morgan fingerprint density at radius 3 is 2.56 bits per heavy atom. The zero-order chi connectivity index (χ0) is 12.0. The summed E-state index contributed by atoms with van der Waals surface area (Å²) in [6, 6.07) is 9.96. The first-order valence-electron chi connectivity index (χ1n) is 5.48. The quantitative estimate of drug-likeness (QED) is 0.702. The van der Waals surface area contributed by atoms with Gasteiger partial charge in [-0.15, -0.1) is 0 Å². The molecule has 0 heterocycles. The van der Waals surface area contributed by atoms with Crippen molar-refractivity contribution < 1.29 is 4.74 Å². The van der Waals surface area contributed by atoms with Crippen molar-refractivity contribution in [3.63, 3.8) is 0 Å². The largest absolute Gasteiger partial charge is 0.488 e. The Hall–Kier alpha value is -1.75. The maximum Gasteiger partial charge on any atom is 0.123 e. The fourth-order valence-corrected chi connectivity index (χ4v) is 1.33. The van der Waals surface area contributed by atoms with Crippen LogP contribution < -0.4 is 4.74 Å². The summed E-state index contributed by atoms with van der Waals surface area (Å²) in [5.74, 6) is 1.35. The molecular formula is C14H17NO. The smallest absolute Gasteiger partial charge is 0.123 e. The van der Waals surface area contributed by atoms with E-state index in [1.807, 2.05) is 18.2 Å². The Morgan fingerprint density at radius 1 is 1.44 bits per heavy atom. The van der Waals surface area contributed by atoms with Crippen molar-refractivity contribution in [2.45, 2.75) is 26.2 Å². The van der Waals surface area contributed by atoms with Crippen LogP contribution in [-0.4, -0.2) is 6.61 Å². The molecule has 0 aromatic heterocycles. The Labute approximate surface area is 97.2 Å². The summed E-state index contributed by atoms with van der Waals surface area (Å²) in [4.78, 5) is 0. The molecule has 84 valence electrons. The highest BCUT2D eigenvalue weighted by Crippen LogP contribution is 2.21. The second kappa shape index (κ2) is 5.97. The summed E-state index contributed by atoms with van der Waals surface area (Å²) in [6.07, 6.45) is 1.13. The van der Waals surface area contributed by atoms with E-state index in [2.05, 4.69) is 32.6 Å². The van der Waals surface area contributed by atoms with Crippen LogP contribution in [0.25, 0.3) is 0 Å². The van der Waals surface area contributed by atoms with Gasteiger partial charge in [0.25, 0.3) is 0 Å². The van der Waals surface area contributed by atoms with Crippen LogP contribution in [0.4, 0.5) is 0 Å². The van der Waals surface area contributed by atoms with Gasteiger partial charge in [-0.1, -0.05) is 32.6 Å². The van der Waals surface area contributed by atoms with E-state index in [0.717, 1.165) is 12.2 Å². The Balaban J connectivity index is 2.58. The number of hydrogen-bond acceptors (Lipinski definition) is 2. The number of nitrogens with zero attached hydrogens (tertiary/aromatic N) is 1. The van der Waals surface area contributed by atoms with Crippen LogP contribution in [0.2, 0.25) is 0 Å². The molecule has 0 fully saturated rings. The normalized spacial score (nSPS) is 11.6. The van der Waals surface area contributed by atoms with Gasteiger partial charge in [0.2, 0.25) is 0 Å². The minimum atomic E-state index is 0.263. The Morgan fingerprint density at radius 2 is 2.06 bits per heavy atom. The highest BCUT2D eigenvalue weighted by molar-refractivity contribution is 5.30. The van der Waals surface area contributed by atoms with E-state index in [4.69, 9.17) is 10.00 Å². The van der Waals surface area contributed by atoms with Crippen molar-refractivity contribution in [1.29, 1.82) is 5.26 Å². The zero-order valence-electron chi connectivity index (χ0n) is 9.86. The van der Waals surface area contributed by atoms with Crippen LogP contribution in [0.15, 0.2) is 36.4 Å². The first kappa shape index (κ1) is 12.3. The van der Waals surface area contributed by atoms with Gasteiger partial charge >= 0.3 is 0 Å². The highest BCUT2D eigenvalue weighted by Gasteiger charge is 2.02. The number of rotatable bonds is 5. The molecule has 0 amide bonds. The molecule has 0 aliphatic heterocycles. The molecule has 1 aromatic carbocycles. The zero-order valence-corrected chi connectivity index (χ0v) is 9.86. The number of ether oxygens (including phenoxy) is 1. The van der Waals surface area contributed by atoms with Crippen molar-refractivity contribution in [1.82, 2.24) is 0 Å². The third-order valence-electron chi connectivity index (χ3n) is 2.63. The fraction of sp³-hybridized carbons (Fsp3) is 0.357. The fourth-order valence-electron chi connectivity index (χ4n) is 1.33. The molecule has 0 saturated carbocycles. The molecule has 1 rings (SSSR count). The van der Waals surface area contributed by atoms with E-state index < -0.39 is 0 Å². The lowest BCUT2D eigenvalue weighted by atomic mass is 9.99. The standard InChI is InChI=1S/C14H17NO/c1-4-12(3)13-5-7-14(8-6-13)16-10-11(2)9-15/h5-8,12H,2,4,10H2,1,3H3. The maximum absolute atomic E-state index is 8.53. The number of nitriles is 1. The molecular weight excluding hydrogens is 198 g/mol. The molecule has 16 heavy (non-hydrogen) atoms. The number of benzene rings is 1. The van der Waals surface area contributed by atoms with Crippen molar-refractivity contribution in [3.8, 4) is 11.8 Å². The minimum Gasteiger partial charge on any atom is -0.488 e. The summed E-state index contributed by atoms with van der Waals surface area (Å²) in [7, 11) is 0. The molecule has 1 aromatic rings. The first-order chi connectivity index (χ1) is 7.67. The second-order valence-electron chi connectivity index (χ2n) is 3.88. The molecule has 1 atom stereocenters. The van der Waals surface area contributed by atoms with Gasteiger partial charge in [-0.05, 0) is 30.0 Å². The average Bonchev–Trinajstić information content (AvgIpc) is 2.35. The van der Waals surface area contributed by atoms with Gasteiger partial charge in [0.15, 0.2) is 0 Å². The van der Waals surface area contributed by atoms with Gasteiger partial charge in [0.05, 0.1) is 11.6 Å². The van der Waals surface area contributed by atoms with Gasteiger partial charge in [-0.3, -0.25) is 0 Å². The van der Waals surface area contributed by atoms with Gasteiger partial charge in [-0.25, -0.2) is 0 Å². The molecule has 0 spiro atoms. The van der Waals surface area contributed by atoms with E-state index >= 15 is 0 Å². The summed E-state index contributed by atoms with van der Waals surface area (Å²) >= 11 is 0. The molecule has 2 nitrogen and oxygen atoms in total. The van der Waals surface area contributed by atoms with Crippen LogP contribution >= 0.6 is 0 Å². The summed E-state index contributed by atoms with van der Waals surface area (Å²) in [6.45, 7) is 8.20. The van der Waals surface area contributed by atoms with Crippen LogP contribution in [0.3, 0.4) is 0 Å². The van der Waals surface area contributed by atoms with E-state index in [9.17, 15) is 0 Å². The predicted octanol–water partition coefficient (Wildman–Crippen LogP) is 3.66. The van der Waals surface area contributed by atoms with Crippen LogP contribution in [0.5, 0.6) is 5.75 Å². The predicted molar refractivity (Wildman–Crippen MR) is 65.4 cm³/mol. The van der Waals surface area contributed by atoms with E-state index in [1.165, 1.54) is 5.56 Å². The summed E-state index contributed by atoms with van der Waals surface area (Å²) < 4.78 is 5.41. The first-order valence-corrected chi connectivity index (χ1v) is 5.48. The van der Waals surface area contributed by atoms with Gasteiger partial charge in [0.1, 0.15) is 12.4 Å². The lowest BCUT2D eigenvalue weighted by Gasteiger charge is -2.10. The van der Waals surface area contributed by atoms with E-state index in [1.54, 1.807) is 0 Å². The van der Waals surface area contributed by atoms with Crippen molar-refractivity contribution in [3.05, 3.63) is 42.0 Å². The Kier molecular flexibility index (Phi) is 4.60. The van der Waals surface area contributed by atoms with Crippen LogP contribution in [-0.2, 0) is 0 Å². The molecule has 1 unspecified atom stereocenters. The van der Waals surface area contributed by atoms with Crippen molar-refractivity contribution >= 4 is 0 Å².